The smallest absolute Gasteiger partial charge is 0.278 e. The first kappa shape index (κ1) is 32.2. The Bertz CT molecular complexity index is 1570. The van der Waals surface area contributed by atoms with Gasteiger partial charge < -0.3 is 20.6 Å². The Morgan fingerprint density at radius 3 is 2.47 bits per heavy atom. The monoisotopic (exact) mass is 607 g/mol. The van der Waals surface area contributed by atoms with Crippen LogP contribution in [0.15, 0.2) is 66.1 Å². The van der Waals surface area contributed by atoms with Crippen molar-refractivity contribution in [2.45, 2.75) is 38.8 Å². The lowest BCUT2D eigenvalue weighted by molar-refractivity contribution is 0.0738. The number of benzene rings is 1. The Hall–Kier alpha value is -3.77. The fourth-order valence-corrected chi connectivity index (χ4v) is 5.24. The molecule has 0 spiro atoms. The van der Waals surface area contributed by atoms with E-state index in [1.807, 2.05) is 19.2 Å². The van der Waals surface area contributed by atoms with Gasteiger partial charge in [0.1, 0.15) is 11.0 Å². The number of fused-ring (bicyclic) bond motifs is 1. The standard InChI is InChI=1S/C31H41N9O2.ClH/c1-5-16-39-29(41)25-22-33-30(36-28(25)40(39)27-10-8-9-26(35-27)31(2,3)42)34-23-11-13-24(14-12-23)38-20-18-37(19-21-38)17-7-6-15-32-4;/h5,8-14,22,32,42H,1,6-7,15-21H2,2-4H3,(H,33,34,36);1H. The first-order chi connectivity index (χ1) is 20.3. The number of hydrogen-bond acceptors (Lipinski definition) is 9. The highest BCUT2D eigenvalue weighted by Crippen LogP contribution is 2.24. The van der Waals surface area contributed by atoms with E-state index in [2.05, 4.69) is 49.1 Å². The zero-order valence-electron chi connectivity index (χ0n) is 25.2. The average Bonchev–Trinajstić information content (AvgIpc) is 3.26. The highest BCUT2D eigenvalue weighted by Gasteiger charge is 2.22. The number of nitrogens with one attached hydrogen (secondary N) is 2. The van der Waals surface area contributed by atoms with Gasteiger partial charge in [-0.15, -0.1) is 19.0 Å². The number of rotatable bonds is 12. The van der Waals surface area contributed by atoms with Crippen LogP contribution in [-0.4, -0.2) is 80.6 Å². The Morgan fingerprint density at radius 1 is 1.05 bits per heavy atom. The van der Waals surface area contributed by atoms with Gasteiger partial charge in [0.15, 0.2) is 11.5 Å². The summed E-state index contributed by atoms with van der Waals surface area (Å²) >= 11 is 0. The minimum absolute atomic E-state index is 0. The summed E-state index contributed by atoms with van der Waals surface area (Å²) in [6.45, 7) is 13.8. The van der Waals surface area contributed by atoms with Crippen molar-refractivity contribution >= 4 is 40.8 Å². The molecule has 43 heavy (non-hydrogen) atoms. The van der Waals surface area contributed by atoms with Gasteiger partial charge in [-0.25, -0.2) is 19.3 Å². The summed E-state index contributed by atoms with van der Waals surface area (Å²) in [7, 11) is 2.00. The molecule has 0 atom stereocenters. The van der Waals surface area contributed by atoms with Gasteiger partial charge in [-0.3, -0.25) is 9.69 Å². The van der Waals surface area contributed by atoms with Crippen molar-refractivity contribution in [3.63, 3.8) is 0 Å². The maximum absolute atomic E-state index is 13.3. The van der Waals surface area contributed by atoms with E-state index in [0.29, 0.717) is 28.5 Å². The van der Waals surface area contributed by atoms with Crippen molar-refractivity contribution in [3.05, 3.63) is 77.4 Å². The second-order valence-corrected chi connectivity index (χ2v) is 11.2. The Kier molecular flexibility index (Phi) is 10.6. The number of hydrogen-bond donors (Lipinski definition) is 3. The number of anilines is 3. The van der Waals surface area contributed by atoms with Gasteiger partial charge in [0.2, 0.25) is 5.95 Å². The fraction of sp³-hybridized carbons (Fsp3) is 0.419. The molecule has 5 rings (SSSR count). The SMILES string of the molecule is C=CCn1c(=O)c2cnc(Nc3ccc(N4CCN(CCCCNC)CC4)cc3)nc2n1-c1cccc(C(C)(C)O)n1.Cl. The Labute approximate surface area is 258 Å². The molecule has 1 aliphatic heterocycles. The number of nitrogens with zero attached hydrogens (tertiary/aromatic N) is 7. The van der Waals surface area contributed by atoms with E-state index in [1.54, 1.807) is 42.8 Å². The van der Waals surface area contributed by atoms with Crippen molar-refractivity contribution in [3.8, 4) is 5.82 Å². The summed E-state index contributed by atoms with van der Waals surface area (Å²) in [4.78, 5) is 32.0. The molecule has 0 amide bonds. The van der Waals surface area contributed by atoms with E-state index in [0.717, 1.165) is 45.0 Å². The highest BCUT2D eigenvalue weighted by atomic mass is 35.5. The van der Waals surface area contributed by atoms with Crippen LogP contribution in [0.4, 0.5) is 17.3 Å². The molecule has 0 unspecified atom stereocenters. The average molecular weight is 608 g/mol. The predicted octanol–water partition coefficient (Wildman–Crippen LogP) is 3.68. The van der Waals surface area contributed by atoms with E-state index in [9.17, 15) is 9.90 Å². The van der Waals surface area contributed by atoms with Gasteiger partial charge in [0.25, 0.3) is 5.56 Å². The van der Waals surface area contributed by atoms with E-state index >= 15 is 0 Å². The van der Waals surface area contributed by atoms with Crippen LogP contribution in [-0.2, 0) is 12.1 Å². The van der Waals surface area contributed by atoms with Crippen LogP contribution in [0.2, 0.25) is 0 Å². The normalized spacial score (nSPS) is 14.1. The predicted molar refractivity (Wildman–Crippen MR) is 175 cm³/mol. The van der Waals surface area contributed by atoms with Crippen LogP contribution in [0.25, 0.3) is 16.9 Å². The number of aliphatic hydroxyl groups is 1. The summed E-state index contributed by atoms with van der Waals surface area (Å²) in [5, 5.41) is 17.4. The lowest BCUT2D eigenvalue weighted by Gasteiger charge is -2.36. The lowest BCUT2D eigenvalue weighted by atomic mass is 10.1. The van der Waals surface area contributed by atoms with E-state index in [1.165, 1.54) is 29.4 Å². The first-order valence-corrected chi connectivity index (χ1v) is 14.6. The van der Waals surface area contributed by atoms with Crippen molar-refractivity contribution in [2.75, 3.05) is 56.5 Å². The molecule has 1 fully saturated rings. The van der Waals surface area contributed by atoms with E-state index < -0.39 is 5.60 Å². The van der Waals surface area contributed by atoms with Gasteiger partial charge in [-0.2, -0.15) is 4.98 Å². The Morgan fingerprint density at radius 2 is 1.79 bits per heavy atom. The molecule has 4 heterocycles. The molecule has 0 aliphatic carbocycles. The van der Waals surface area contributed by atoms with Crippen molar-refractivity contribution in [1.29, 1.82) is 0 Å². The molecular weight excluding hydrogens is 566 g/mol. The zero-order valence-corrected chi connectivity index (χ0v) is 26.0. The second-order valence-electron chi connectivity index (χ2n) is 11.2. The Balaban J connectivity index is 0.00000423. The maximum Gasteiger partial charge on any atom is 0.278 e. The number of halogens is 1. The van der Waals surface area contributed by atoms with Gasteiger partial charge >= 0.3 is 0 Å². The van der Waals surface area contributed by atoms with Crippen molar-refractivity contribution < 1.29 is 5.11 Å². The van der Waals surface area contributed by atoms with Crippen LogP contribution < -0.4 is 21.1 Å². The van der Waals surface area contributed by atoms with Crippen LogP contribution in [0.3, 0.4) is 0 Å². The molecule has 3 aromatic heterocycles. The van der Waals surface area contributed by atoms with Crippen molar-refractivity contribution in [1.82, 2.24) is 34.5 Å². The molecule has 11 nitrogen and oxygen atoms in total. The molecule has 3 N–H and O–H groups in total. The molecule has 4 aromatic rings. The fourth-order valence-electron chi connectivity index (χ4n) is 5.24. The summed E-state index contributed by atoms with van der Waals surface area (Å²) in [5.74, 6) is 0.834. The van der Waals surface area contributed by atoms with Crippen LogP contribution >= 0.6 is 12.4 Å². The number of pyridine rings is 1. The van der Waals surface area contributed by atoms with E-state index in [-0.39, 0.29) is 24.5 Å². The van der Waals surface area contributed by atoms with Gasteiger partial charge in [0.05, 0.1) is 12.2 Å². The number of piperazine rings is 1. The van der Waals surface area contributed by atoms with Gasteiger partial charge in [-0.1, -0.05) is 12.1 Å². The topological polar surface area (TPSA) is 116 Å². The lowest BCUT2D eigenvalue weighted by Crippen LogP contribution is -2.46. The number of unbranched alkanes of at least 4 members (excludes halogenated alkanes) is 1. The summed E-state index contributed by atoms with van der Waals surface area (Å²) in [6.07, 6.45) is 5.63. The maximum atomic E-state index is 13.3. The van der Waals surface area contributed by atoms with Gasteiger partial charge in [-0.05, 0) is 83.2 Å². The summed E-state index contributed by atoms with van der Waals surface area (Å²) in [6, 6.07) is 13.6. The molecule has 0 radical (unpaired) electrons. The molecule has 0 saturated carbocycles. The molecule has 230 valence electrons. The zero-order chi connectivity index (χ0) is 29.7. The van der Waals surface area contributed by atoms with Gasteiger partial charge in [0, 0.05) is 43.8 Å². The molecule has 12 heteroatoms. The largest absolute Gasteiger partial charge is 0.384 e. The van der Waals surface area contributed by atoms with E-state index in [4.69, 9.17) is 4.98 Å². The summed E-state index contributed by atoms with van der Waals surface area (Å²) in [5.41, 5.74) is 1.56. The van der Waals surface area contributed by atoms with Crippen molar-refractivity contribution in [2.24, 2.45) is 0 Å². The quantitative estimate of drug-likeness (QED) is 0.164. The van der Waals surface area contributed by atoms with Crippen LogP contribution in [0.1, 0.15) is 32.4 Å². The summed E-state index contributed by atoms with van der Waals surface area (Å²) < 4.78 is 3.18. The number of allylic oxidation sites excluding steroid dienone is 1. The second kappa shape index (κ2) is 14.1. The molecule has 1 aromatic carbocycles. The highest BCUT2D eigenvalue weighted by molar-refractivity contribution is 5.85. The molecule has 1 aliphatic rings. The number of aromatic nitrogens is 5. The van der Waals surface area contributed by atoms with Crippen LogP contribution in [0.5, 0.6) is 0 Å². The molecular formula is C31H42ClN9O2. The molecule has 0 bridgehead atoms. The first-order valence-electron chi connectivity index (χ1n) is 14.6. The van der Waals surface area contributed by atoms with Crippen LogP contribution in [0, 0.1) is 0 Å². The third-order valence-corrected chi connectivity index (χ3v) is 7.57. The third kappa shape index (κ3) is 7.42. The minimum atomic E-state index is -1.14. The third-order valence-electron chi connectivity index (χ3n) is 7.57. The molecule has 1 saturated heterocycles. The minimum Gasteiger partial charge on any atom is -0.384 e.